The Labute approximate surface area is 175 Å². The number of para-hydroxylation sites is 2. The van der Waals surface area contributed by atoms with E-state index in [2.05, 4.69) is 0 Å². The zero-order valence-electron chi connectivity index (χ0n) is 17.4. The first-order valence-electron chi connectivity index (χ1n) is 10.1. The molecule has 1 aliphatic rings. The van der Waals surface area contributed by atoms with E-state index in [1.54, 1.807) is 14.0 Å². The Hall–Kier alpha value is -3.19. The van der Waals surface area contributed by atoms with Gasteiger partial charge in [0.1, 0.15) is 0 Å². The van der Waals surface area contributed by atoms with Crippen molar-refractivity contribution >= 4 is 28.9 Å². The number of imidazole rings is 1. The number of carbonyl (C=O) groups is 2. The molecule has 2 aromatic carbocycles. The van der Waals surface area contributed by atoms with E-state index in [0.717, 1.165) is 22.2 Å². The van der Waals surface area contributed by atoms with E-state index in [0.29, 0.717) is 19.1 Å². The van der Waals surface area contributed by atoms with Crippen LogP contribution in [-0.2, 0) is 19.1 Å². The van der Waals surface area contributed by atoms with Gasteiger partial charge in [-0.15, -0.1) is 0 Å². The fourth-order valence-corrected chi connectivity index (χ4v) is 4.01. The fraction of sp³-hybridized carbons (Fsp3) is 0.348. The summed E-state index contributed by atoms with van der Waals surface area (Å²) in [6, 6.07) is 15.1. The number of methoxy groups -OCH3 is 1. The first-order chi connectivity index (χ1) is 14.6. The normalized spacial score (nSPS) is 18.5. The summed E-state index contributed by atoms with van der Waals surface area (Å²) < 4.78 is 12.5. The molecular formula is C23H25N3O4. The first kappa shape index (κ1) is 20.1. The van der Waals surface area contributed by atoms with Crippen LogP contribution in [-0.4, -0.2) is 48.3 Å². The number of hydrogen-bond donors (Lipinski definition) is 0. The quantitative estimate of drug-likeness (QED) is 0.464. The van der Waals surface area contributed by atoms with Crippen LogP contribution in [0.2, 0.25) is 0 Å². The Bertz CT molecular complexity index is 1070. The van der Waals surface area contributed by atoms with Gasteiger partial charge in [-0.25, -0.2) is 4.98 Å². The number of esters is 1. The third-order valence-electron chi connectivity index (χ3n) is 5.42. The second kappa shape index (κ2) is 8.28. The number of fused-ring (bicyclic) bond motifs is 3. The SMILES string of the molecule is CCOC(=O)C1C(=O)N(CCOC)c2nc3ccccc3n2C1c1ccc(C)cc1. The number of amides is 1. The number of ether oxygens (including phenoxy) is 2. The Morgan fingerprint density at radius 1 is 1.13 bits per heavy atom. The molecule has 7 heteroatoms. The van der Waals surface area contributed by atoms with Crippen molar-refractivity contribution in [3.63, 3.8) is 0 Å². The van der Waals surface area contributed by atoms with Crippen LogP contribution >= 0.6 is 0 Å². The van der Waals surface area contributed by atoms with Crippen molar-refractivity contribution < 1.29 is 19.1 Å². The lowest BCUT2D eigenvalue weighted by atomic mass is 9.89. The molecule has 2 heterocycles. The first-order valence-corrected chi connectivity index (χ1v) is 10.1. The average Bonchev–Trinajstić information content (AvgIpc) is 3.12. The summed E-state index contributed by atoms with van der Waals surface area (Å²) in [6.45, 7) is 4.59. The number of aryl methyl sites for hydroxylation is 1. The van der Waals surface area contributed by atoms with Crippen LogP contribution in [0.1, 0.15) is 24.1 Å². The molecule has 0 radical (unpaired) electrons. The molecule has 4 rings (SSSR count). The lowest BCUT2D eigenvalue weighted by molar-refractivity contribution is -0.153. The average molecular weight is 407 g/mol. The van der Waals surface area contributed by atoms with Gasteiger partial charge in [-0.1, -0.05) is 42.0 Å². The summed E-state index contributed by atoms with van der Waals surface area (Å²) >= 11 is 0. The van der Waals surface area contributed by atoms with Crippen molar-refractivity contribution in [3.05, 3.63) is 59.7 Å². The van der Waals surface area contributed by atoms with E-state index in [4.69, 9.17) is 14.5 Å². The monoisotopic (exact) mass is 407 g/mol. The number of hydrogen-bond acceptors (Lipinski definition) is 5. The Kier molecular flexibility index (Phi) is 5.55. The molecule has 0 N–H and O–H groups in total. The molecule has 30 heavy (non-hydrogen) atoms. The maximum Gasteiger partial charge on any atom is 0.321 e. The summed E-state index contributed by atoms with van der Waals surface area (Å²) in [7, 11) is 1.58. The number of carbonyl (C=O) groups excluding carboxylic acids is 2. The van der Waals surface area contributed by atoms with Crippen LogP contribution in [0.25, 0.3) is 11.0 Å². The van der Waals surface area contributed by atoms with Gasteiger partial charge in [0.05, 0.1) is 36.8 Å². The van der Waals surface area contributed by atoms with Gasteiger partial charge in [-0.2, -0.15) is 0 Å². The Morgan fingerprint density at radius 3 is 2.57 bits per heavy atom. The number of benzene rings is 2. The van der Waals surface area contributed by atoms with Crippen LogP contribution in [0, 0.1) is 12.8 Å². The van der Waals surface area contributed by atoms with E-state index in [-0.39, 0.29) is 12.5 Å². The van der Waals surface area contributed by atoms with Crippen molar-refractivity contribution in [2.75, 3.05) is 31.8 Å². The maximum absolute atomic E-state index is 13.6. The third-order valence-corrected chi connectivity index (χ3v) is 5.42. The van der Waals surface area contributed by atoms with E-state index in [9.17, 15) is 9.59 Å². The van der Waals surface area contributed by atoms with Crippen LogP contribution in [0.5, 0.6) is 0 Å². The molecule has 0 bridgehead atoms. The summed E-state index contributed by atoms with van der Waals surface area (Å²) in [5.41, 5.74) is 3.60. The van der Waals surface area contributed by atoms with E-state index in [1.807, 2.05) is 60.0 Å². The van der Waals surface area contributed by atoms with Crippen LogP contribution in [0.4, 0.5) is 5.95 Å². The van der Waals surface area contributed by atoms with Gasteiger partial charge in [0.25, 0.3) is 0 Å². The molecule has 1 aliphatic heterocycles. The topological polar surface area (TPSA) is 73.7 Å². The summed E-state index contributed by atoms with van der Waals surface area (Å²) in [6.07, 6.45) is 0. The number of aromatic nitrogens is 2. The third kappa shape index (κ3) is 3.35. The molecule has 3 aromatic rings. The minimum absolute atomic E-state index is 0.207. The van der Waals surface area contributed by atoms with Gasteiger partial charge in [0.2, 0.25) is 11.9 Å². The van der Waals surface area contributed by atoms with Gasteiger partial charge in [0, 0.05) is 7.11 Å². The highest BCUT2D eigenvalue weighted by Crippen LogP contribution is 2.41. The van der Waals surface area contributed by atoms with Crippen molar-refractivity contribution in [3.8, 4) is 0 Å². The van der Waals surface area contributed by atoms with Gasteiger partial charge in [0.15, 0.2) is 5.92 Å². The van der Waals surface area contributed by atoms with Crippen molar-refractivity contribution in [1.82, 2.24) is 9.55 Å². The maximum atomic E-state index is 13.6. The van der Waals surface area contributed by atoms with Crippen molar-refractivity contribution in [2.45, 2.75) is 19.9 Å². The zero-order chi connectivity index (χ0) is 21.3. The smallest absolute Gasteiger partial charge is 0.321 e. The molecule has 2 atom stereocenters. The van der Waals surface area contributed by atoms with Crippen molar-refractivity contribution in [1.29, 1.82) is 0 Å². The number of nitrogens with zero attached hydrogens (tertiary/aromatic N) is 3. The van der Waals surface area contributed by atoms with Gasteiger partial charge >= 0.3 is 5.97 Å². The molecule has 0 spiro atoms. The van der Waals surface area contributed by atoms with E-state index >= 15 is 0 Å². The second-order valence-corrected chi connectivity index (χ2v) is 7.34. The van der Waals surface area contributed by atoms with Crippen molar-refractivity contribution in [2.24, 2.45) is 5.92 Å². The summed E-state index contributed by atoms with van der Waals surface area (Å²) in [5.74, 6) is -1.34. The van der Waals surface area contributed by atoms with Gasteiger partial charge < -0.3 is 14.0 Å². The predicted molar refractivity (Wildman–Crippen MR) is 113 cm³/mol. The second-order valence-electron chi connectivity index (χ2n) is 7.34. The summed E-state index contributed by atoms with van der Waals surface area (Å²) in [5, 5.41) is 0. The fourth-order valence-electron chi connectivity index (χ4n) is 4.01. The minimum Gasteiger partial charge on any atom is -0.465 e. The molecule has 1 amide bonds. The molecule has 156 valence electrons. The van der Waals surface area contributed by atoms with Gasteiger partial charge in [-0.3, -0.25) is 14.5 Å². The highest BCUT2D eigenvalue weighted by Gasteiger charge is 2.47. The molecule has 2 unspecified atom stereocenters. The number of anilines is 1. The highest BCUT2D eigenvalue weighted by atomic mass is 16.5. The Morgan fingerprint density at radius 2 is 1.87 bits per heavy atom. The van der Waals surface area contributed by atoms with E-state index in [1.165, 1.54) is 4.90 Å². The summed E-state index contributed by atoms with van der Waals surface area (Å²) in [4.78, 5) is 32.8. The molecule has 0 fully saturated rings. The van der Waals surface area contributed by atoms with Crippen LogP contribution < -0.4 is 4.90 Å². The largest absolute Gasteiger partial charge is 0.465 e. The highest BCUT2D eigenvalue weighted by molar-refractivity contribution is 6.08. The molecule has 7 nitrogen and oxygen atoms in total. The Balaban J connectivity index is 1.97. The van der Waals surface area contributed by atoms with Gasteiger partial charge in [-0.05, 0) is 31.5 Å². The predicted octanol–water partition coefficient (Wildman–Crippen LogP) is 3.11. The molecule has 0 aliphatic carbocycles. The van der Waals surface area contributed by atoms with Crippen LogP contribution in [0.15, 0.2) is 48.5 Å². The van der Waals surface area contributed by atoms with Crippen LogP contribution in [0.3, 0.4) is 0 Å². The zero-order valence-corrected chi connectivity index (χ0v) is 17.4. The lowest BCUT2D eigenvalue weighted by Crippen LogP contribution is -2.51. The lowest BCUT2D eigenvalue weighted by Gasteiger charge is -2.37. The molecule has 0 saturated carbocycles. The minimum atomic E-state index is -1.00. The van der Waals surface area contributed by atoms with E-state index < -0.39 is 17.9 Å². The molecule has 1 aromatic heterocycles. The molecule has 0 saturated heterocycles. The molecular weight excluding hydrogens is 382 g/mol. The number of rotatable bonds is 6. The standard InChI is InChI=1S/C23H25N3O4/c1-4-30-22(28)19-20(16-11-9-15(2)10-12-16)26-18-8-6-5-7-17(18)24-23(26)25(21(19)27)13-14-29-3/h5-12,19-20H,4,13-14H2,1-3H3.